The molecule has 0 rings (SSSR count). The first kappa shape index (κ1) is 12.2. The van der Waals surface area contributed by atoms with Crippen LogP contribution in [0.1, 0.15) is 41.0 Å². The molecular weight excluding hydrogens is 172 g/mol. The van der Waals surface area contributed by atoms with Gasteiger partial charge in [-0.25, -0.2) is 0 Å². The number of halogens is 1. The molecule has 0 spiro atoms. The van der Waals surface area contributed by atoms with E-state index in [4.69, 9.17) is 16.3 Å². The molecule has 0 aromatic carbocycles. The van der Waals surface area contributed by atoms with Gasteiger partial charge in [-0.1, -0.05) is 13.8 Å². The van der Waals surface area contributed by atoms with Gasteiger partial charge in [-0.15, -0.1) is 11.6 Å². The van der Waals surface area contributed by atoms with E-state index < -0.39 is 0 Å². The summed E-state index contributed by atoms with van der Waals surface area (Å²) in [6.07, 6.45) is 0.997. The van der Waals surface area contributed by atoms with Crippen LogP contribution in [0.25, 0.3) is 0 Å². The van der Waals surface area contributed by atoms with Crippen LogP contribution in [0.15, 0.2) is 0 Å². The van der Waals surface area contributed by atoms with E-state index in [1.54, 1.807) is 0 Å². The van der Waals surface area contributed by atoms with Crippen LogP contribution >= 0.6 is 11.6 Å². The van der Waals surface area contributed by atoms with E-state index in [9.17, 15) is 0 Å². The van der Waals surface area contributed by atoms with Crippen molar-refractivity contribution in [2.24, 2.45) is 5.41 Å². The van der Waals surface area contributed by atoms with Gasteiger partial charge < -0.3 is 4.74 Å². The Kier molecular flexibility index (Phi) is 4.57. The number of alkyl halides is 1. The quantitative estimate of drug-likeness (QED) is 0.607. The first-order valence-corrected chi connectivity index (χ1v) is 5.06. The highest BCUT2D eigenvalue weighted by Crippen LogP contribution is 2.30. The lowest BCUT2D eigenvalue weighted by atomic mass is 9.83. The second kappa shape index (κ2) is 4.48. The van der Waals surface area contributed by atoms with E-state index in [-0.39, 0.29) is 11.0 Å². The highest BCUT2D eigenvalue weighted by molar-refractivity contribution is 6.18. The van der Waals surface area contributed by atoms with Crippen molar-refractivity contribution in [1.29, 1.82) is 0 Å². The van der Waals surface area contributed by atoms with Crippen LogP contribution in [-0.2, 0) is 4.74 Å². The molecule has 0 fully saturated rings. The van der Waals surface area contributed by atoms with Gasteiger partial charge in [0.1, 0.15) is 0 Å². The molecular formula is C10H21ClO. The zero-order valence-corrected chi connectivity index (χ0v) is 9.66. The number of ether oxygens (including phenoxy) is 1. The molecule has 0 aliphatic rings. The summed E-state index contributed by atoms with van der Waals surface area (Å²) >= 11 is 5.84. The molecule has 12 heavy (non-hydrogen) atoms. The zero-order valence-electron chi connectivity index (χ0n) is 8.91. The van der Waals surface area contributed by atoms with Gasteiger partial charge in [-0.3, -0.25) is 0 Å². The zero-order chi connectivity index (χ0) is 9.83. The summed E-state index contributed by atoms with van der Waals surface area (Å²) in [6, 6.07) is 0. The Bertz CT molecular complexity index is 130. The third-order valence-corrected chi connectivity index (χ3v) is 2.52. The van der Waals surface area contributed by atoms with Crippen molar-refractivity contribution in [2.75, 3.05) is 12.5 Å². The first-order chi connectivity index (χ1) is 5.33. The molecule has 0 N–H and O–H groups in total. The van der Waals surface area contributed by atoms with Gasteiger partial charge >= 0.3 is 0 Å². The van der Waals surface area contributed by atoms with E-state index in [0.717, 1.165) is 13.0 Å². The minimum Gasteiger partial charge on any atom is -0.376 e. The van der Waals surface area contributed by atoms with Crippen molar-refractivity contribution in [3.63, 3.8) is 0 Å². The van der Waals surface area contributed by atoms with Crippen LogP contribution in [0.4, 0.5) is 0 Å². The summed E-state index contributed by atoms with van der Waals surface area (Å²) in [7, 11) is 0. The van der Waals surface area contributed by atoms with E-state index >= 15 is 0 Å². The molecule has 74 valence electrons. The summed E-state index contributed by atoms with van der Waals surface area (Å²) < 4.78 is 5.61. The van der Waals surface area contributed by atoms with E-state index in [2.05, 4.69) is 27.7 Å². The molecule has 0 saturated heterocycles. The van der Waals surface area contributed by atoms with E-state index in [1.807, 2.05) is 6.92 Å². The summed E-state index contributed by atoms with van der Waals surface area (Å²) in [6.45, 7) is 11.4. The van der Waals surface area contributed by atoms with Crippen LogP contribution in [0, 0.1) is 5.41 Å². The Morgan fingerprint density at radius 1 is 1.17 bits per heavy atom. The standard InChI is InChI=1S/C10H21ClO/c1-6-12-10(4,5)7-9(2,3)8-11/h6-8H2,1-5H3. The number of rotatable bonds is 5. The van der Waals surface area contributed by atoms with Crippen LogP contribution in [0.2, 0.25) is 0 Å². The Labute approximate surface area is 81.4 Å². The van der Waals surface area contributed by atoms with E-state index in [0.29, 0.717) is 5.88 Å². The highest BCUT2D eigenvalue weighted by Gasteiger charge is 2.28. The van der Waals surface area contributed by atoms with Crippen molar-refractivity contribution < 1.29 is 4.74 Å². The smallest absolute Gasteiger partial charge is 0.0631 e. The lowest BCUT2D eigenvalue weighted by molar-refractivity contribution is -0.0363. The van der Waals surface area contributed by atoms with Crippen LogP contribution in [0.3, 0.4) is 0 Å². The summed E-state index contributed by atoms with van der Waals surface area (Å²) in [4.78, 5) is 0. The topological polar surface area (TPSA) is 9.23 Å². The molecule has 0 aliphatic carbocycles. The van der Waals surface area contributed by atoms with Crippen molar-refractivity contribution in [2.45, 2.75) is 46.6 Å². The van der Waals surface area contributed by atoms with Gasteiger partial charge in [0.25, 0.3) is 0 Å². The predicted molar refractivity (Wildman–Crippen MR) is 54.8 cm³/mol. The van der Waals surface area contributed by atoms with Crippen molar-refractivity contribution in [3.05, 3.63) is 0 Å². The molecule has 0 radical (unpaired) electrons. The Balaban J connectivity index is 4.04. The van der Waals surface area contributed by atoms with Crippen LogP contribution in [-0.4, -0.2) is 18.1 Å². The van der Waals surface area contributed by atoms with Crippen LogP contribution < -0.4 is 0 Å². The third-order valence-electron chi connectivity index (χ3n) is 1.80. The second-order valence-corrected chi connectivity index (χ2v) is 4.93. The lowest BCUT2D eigenvalue weighted by Gasteiger charge is -2.33. The van der Waals surface area contributed by atoms with Crippen molar-refractivity contribution in [3.8, 4) is 0 Å². The first-order valence-electron chi connectivity index (χ1n) is 4.53. The summed E-state index contributed by atoms with van der Waals surface area (Å²) in [5, 5.41) is 0. The molecule has 0 unspecified atom stereocenters. The third kappa shape index (κ3) is 5.00. The number of hydrogen-bond acceptors (Lipinski definition) is 1. The predicted octanol–water partition coefficient (Wildman–Crippen LogP) is 3.46. The van der Waals surface area contributed by atoms with Gasteiger partial charge in [0.15, 0.2) is 0 Å². The lowest BCUT2D eigenvalue weighted by Crippen LogP contribution is -2.32. The molecule has 0 aromatic heterocycles. The fraction of sp³-hybridized carbons (Fsp3) is 1.00. The minimum atomic E-state index is -0.0485. The molecule has 0 amide bonds. The Morgan fingerprint density at radius 3 is 2.00 bits per heavy atom. The van der Waals surface area contributed by atoms with Crippen LogP contribution in [0.5, 0.6) is 0 Å². The Hall–Kier alpha value is 0.250. The van der Waals surface area contributed by atoms with Crippen molar-refractivity contribution >= 4 is 11.6 Å². The molecule has 0 atom stereocenters. The summed E-state index contributed by atoms with van der Waals surface area (Å²) in [5.41, 5.74) is 0.118. The van der Waals surface area contributed by atoms with Gasteiger partial charge in [-0.05, 0) is 32.6 Å². The SMILES string of the molecule is CCOC(C)(C)CC(C)(C)CCl. The monoisotopic (exact) mass is 192 g/mol. The average molecular weight is 193 g/mol. The van der Waals surface area contributed by atoms with Gasteiger partial charge in [0.2, 0.25) is 0 Å². The second-order valence-electron chi connectivity index (χ2n) is 4.67. The largest absolute Gasteiger partial charge is 0.376 e. The molecule has 0 heterocycles. The molecule has 0 bridgehead atoms. The fourth-order valence-corrected chi connectivity index (χ4v) is 1.74. The molecule has 1 nitrogen and oxygen atoms in total. The Morgan fingerprint density at radius 2 is 1.67 bits per heavy atom. The highest BCUT2D eigenvalue weighted by atomic mass is 35.5. The van der Waals surface area contributed by atoms with Gasteiger partial charge in [0, 0.05) is 12.5 Å². The van der Waals surface area contributed by atoms with E-state index in [1.165, 1.54) is 0 Å². The number of hydrogen-bond donors (Lipinski definition) is 0. The summed E-state index contributed by atoms with van der Waals surface area (Å²) in [5.74, 6) is 0.684. The maximum Gasteiger partial charge on any atom is 0.0631 e. The van der Waals surface area contributed by atoms with Gasteiger partial charge in [0.05, 0.1) is 5.60 Å². The minimum absolute atomic E-state index is 0.0485. The van der Waals surface area contributed by atoms with Gasteiger partial charge in [-0.2, -0.15) is 0 Å². The maximum atomic E-state index is 5.84. The van der Waals surface area contributed by atoms with Crippen molar-refractivity contribution in [1.82, 2.24) is 0 Å². The normalized spacial score (nSPS) is 13.5. The molecule has 0 aliphatic heterocycles. The average Bonchev–Trinajstić information content (AvgIpc) is 1.85. The maximum absolute atomic E-state index is 5.84. The fourth-order valence-electron chi connectivity index (χ4n) is 1.64. The molecule has 0 saturated carbocycles. The molecule has 0 aromatic rings. The molecule has 2 heteroatoms.